The molecule has 18 heavy (non-hydrogen) atoms. The minimum Gasteiger partial charge on any atom is -0.310 e. The lowest BCUT2D eigenvalue weighted by Crippen LogP contribution is -2.22. The summed E-state index contributed by atoms with van der Waals surface area (Å²) >= 11 is 0. The third kappa shape index (κ3) is 3.99. The third-order valence-electron chi connectivity index (χ3n) is 3.69. The van der Waals surface area contributed by atoms with Gasteiger partial charge in [-0.1, -0.05) is 48.9 Å². The smallest absolute Gasteiger partial charge is 0.0357 e. The van der Waals surface area contributed by atoms with Crippen molar-refractivity contribution in [3.8, 4) is 0 Å². The van der Waals surface area contributed by atoms with E-state index in [4.69, 9.17) is 0 Å². The van der Waals surface area contributed by atoms with Crippen molar-refractivity contribution in [2.45, 2.75) is 51.5 Å². The van der Waals surface area contributed by atoms with Crippen molar-refractivity contribution in [3.05, 3.63) is 47.5 Å². The molecule has 0 amide bonds. The van der Waals surface area contributed by atoms with E-state index in [2.05, 4.69) is 48.6 Å². The number of nitrogens with one attached hydrogen (secondary N) is 1. The molecule has 0 bridgehead atoms. The summed E-state index contributed by atoms with van der Waals surface area (Å²) in [5.41, 5.74) is 3.08. The highest BCUT2D eigenvalue weighted by Crippen LogP contribution is 2.27. The summed E-state index contributed by atoms with van der Waals surface area (Å²) in [6.45, 7) is 3.34. The van der Waals surface area contributed by atoms with Crippen molar-refractivity contribution in [2.75, 3.05) is 6.54 Å². The fourth-order valence-corrected chi connectivity index (χ4v) is 2.66. The van der Waals surface area contributed by atoms with E-state index in [1.54, 1.807) is 5.57 Å². The first-order valence-corrected chi connectivity index (χ1v) is 7.36. The molecule has 0 spiro atoms. The molecule has 1 N–H and O–H groups in total. The average molecular weight is 243 g/mol. The molecule has 1 aliphatic carbocycles. The van der Waals surface area contributed by atoms with Crippen molar-refractivity contribution in [1.29, 1.82) is 0 Å². The molecule has 0 aliphatic heterocycles. The third-order valence-corrected chi connectivity index (χ3v) is 3.69. The van der Waals surface area contributed by atoms with E-state index in [0.717, 1.165) is 6.54 Å². The maximum atomic E-state index is 3.69. The summed E-state index contributed by atoms with van der Waals surface area (Å²) in [6.07, 6.45) is 10.2. The SMILES string of the molecule is CCCNC(CC1=CCCCC1)c1ccccc1. The number of hydrogen-bond acceptors (Lipinski definition) is 1. The van der Waals surface area contributed by atoms with Gasteiger partial charge >= 0.3 is 0 Å². The first kappa shape index (κ1) is 13.4. The molecule has 0 heterocycles. The molecule has 0 aromatic heterocycles. The van der Waals surface area contributed by atoms with Gasteiger partial charge < -0.3 is 5.32 Å². The summed E-state index contributed by atoms with van der Waals surface area (Å²) in [5.74, 6) is 0. The lowest BCUT2D eigenvalue weighted by molar-refractivity contribution is 0.511. The van der Waals surface area contributed by atoms with E-state index in [9.17, 15) is 0 Å². The van der Waals surface area contributed by atoms with Crippen molar-refractivity contribution in [1.82, 2.24) is 5.32 Å². The van der Waals surface area contributed by atoms with E-state index in [1.807, 2.05) is 0 Å². The first-order chi connectivity index (χ1) is 8.90. The summed E-state index contributed by atoms with van der Waals surface area (Å²) in [7, 11) is 0. The second-order valence-electron chi connectivity index (χ2n) is 5.23. The van der Waals surface area contributed by atoms with Gasteiger partial charge in [-0.2, -0.15) is 0 Å². The number of benzene rings is 1. The van der Waals surface area contributed by atoms with E-state index < -0.39 is 0 Å². The van der Waals surface area contributed by atoms with Gasteiger partial charge in [0.15, 0.2) is 0 Å². The monoisotopic (exact) mass is 243 g/mol. The number of rotatable bonds is 6. The molecule has 1 nitrogen and oxygen atoms in total. The van der Waals surface area contributed by atoms with E-state index in [-0.39, 0.29) is 0 Å². The van der Waals surface area contributed by atoms with Crippen LogP contribution < -0.4 is 5.32 Å². The van der Waals surface area contributed by atoms with Gasteiger partial charge in [-0.3, -0.25) is 0 Å². The molecule has 1 unspecified atom stereocenters. The Morgan fingerprint density at radius 3 is 2.67 bits per heavy atom. The molecule has 0 fully saturated rings. The van der Waals surface area contributed by atoms with E-state index >= 15 is 0 Å². The fourth-order valence-electron chi connectivity index (χ4n) is 2.66. The van der Waals surface area contributed by atoms with Crippen molar-refractivity contribution in [2.24, 2.45) is 0 Å². The maximum Gasteiger partial charge on any atom is 0.0357 e. The Bertz CT molecular complexity index is 366. The van der Waals surface area contributed by atoms with E-state index in [1.165, 1.54) is 44.1 Å². The van der Waals surface area contributed by atoms with Gasteiger partial charge in [-0.25, -0.2) is 0 Å². The minimum atomic E-state index is 0.496. The van der Waals surface area contributed by atoms with Gasteiger partial charge in [-0.05, 0) is 50.6 Å². The van der Waals surface area contributed by atoms with Gasteiger partial charge in [0.2, 0.25) is 0 Å². The van der Waals surface area contributed by atoms with Gasteiger partial charge in [0.05, 0.1) is 0 Å². The molecule has 0 radical (unpaired) electrons. The molecule has 1 atom stereocenters. The summed E-state index contributed by atoms with van der Waals surface area (Å²) in [6, 6.07) is 11.4. The molecule has 0 saturated heterocycles. The van der Waals surface area contributed by atoms with Gasteiger partial charge in [0.25, 0.3) is 0 Å². The highest BCUT2D eigenvalue weighted by atomic mass is 14.9. The topological polar surface area (TPSA) is 12.0 Å². The molecule has 1 heteroatoms. The highest BCUT2D eigenvalue weighted by molar-refractivity contribution is 5.21. The lowest BCUT2D eigenvalue weighted by Gasteiger charge is -2.22. The normalized spacial score (nSPS) is 17.3. The molecular weight excluding hydrogens is 218 g/mol. The summed E-state index contributed by atoms with van der Waals surface area (Å²) in [5, 5.41) is 3.69. The maximum absolute atomic E-state index is 3.69. The zero-order valence-corrected chi connectivity index (χ0v) is 11.5. The Balaban J connectivity index is 2.02. The van der Waals surface area contributed by atoms with Crippen molar-refractivity contribution in [3.63, 3.8) is 0 Å². The molecule has 1 aliphatic rings. The van der Waals surface area contributed by atoms with Crippen molar-refractivity contribution >= 4 is 0 Å². The van der Waals surface area contributed by atoms with Crippen LogP contribution in [0.5, 0.6) is 0 Å². The van der Waals surface area contributed by atoms with Crippen LogP contribution in [0.3, 0.4) is 0 Å². The zero-order chi connectivity index (χ0) is 12.6. The van der Waals surface area contributed by atoms with Crippen LogP contribution in [-0.4, -0.2) is 6.54 Å². The van der Waals surface area contributed by atoms with Gasteiger partial charge in [0, 0.05) is 6.04 Å². The molecule has 1 aromatic carbocycles. The average Bonchev–Trinajstić information content (AvgIpc) is 2.45. The van der Waals surface area contributed by atoms with Gasteiger partial charge in [-0.15, -0.1) is 0 Å². The second-order valence-corrected chi connectivity index (χ2v) is 5.23. The highest BCUT2D eigenvalue weighted by Gasteiger charge is 2.13. The zero-order valence-electron chi connectivity index (χ0n) is 11.5. The van der Waals surface area contributed by atoms with E-state index in [0.29, 0.717) is 6.04 Å². The van der Waals surface area contributed by atoms with Crippen LogP contribution in [0.15, 0.2) is 42.0 Å². The fraction of sp³-hybridized carbons (Fsp3) is 0.529. The van der Waals surface area contributed by atoms with Crippen molar-refractivity contribution < 1.29 is 0 Å². The largest absolute Gasteiger partial charge is 0.310 e. The Labute approximate surface area is 111 Å². The standard InChI is InChI=1S/C17H25N/c1-2-13-18-17(16-11-7-4-8-12-16)14-15-9-5-3-6-10-15/h4,7-9,11-12,17-18H,2-3,5-6,10,13-14H2,1H3. The Morgan fingerprint density at radius 1 is 1.17 bits per heavy atom. The summed E-state index contributed by atoms with van der Waals surface area (Å²) in [4.78, 5) is 0. The van der Waals surface area contributed by atoms with Gasteiger partial charge in [0.1, 0.15) is 0 Å². The number of allylic oxidation sites excluding steroid dienone is 1. The molecule has 0 saturated carbocycles. The Hall–Kier alpha value is -1.08. The quantitative estimate of drug-likeness (QED) is 0.719. The number of hydrogen-bond donors (Lipinski definition) is 1. The Morgan fingerprint density at radius 2 is 2.00 bits per heavy atom. The second kappa shape index (κ2) is 7.38. The molecule has 2 rings (SSSR count). The molecular formula is C17H25N. The minimum absolute atomic E-state index is 0.496. The molecule has 1 aromatic rings. The van der Waals surface area contributed by atoms with Crippen LogP contribution in [0.25, 0.3) is 0 Å². The first-order valence-electron chi connectivity index (χ1n) is 7.36. The molecule has 98 valence electrons. The van der Waals surface area contributed by atoms with Crippen LogP contribution >= 0.6 is 0 Å². The predicted molar refractivity (Wildman–Crippen MR) is 78.6 cm³/mol. The van der Waals surface area contributed by atoms with Crippen LogP contribution in [0, 0.1) is 0 Å². The predicted octanol–water partition coefficient (Wildman–Crippen LogP) is 4.62. The lowest BCUT2D eigenvalue weighted by atomic mass is 9.91. The van der Waals surface area contributed by atoms with Crippen LogP contribution in [-0.2, 0) is 0 Å². The summed E-state index contributed by atoms with van der Waals surface area (Å²) < 4.78 is 0. The van der Waals surface area contributed by atoms with Crippen LogP contribution in [0.1, 0.15) is 57.1 Å². The Kier molecular flexibility index (Phi) is 5.47. The van der Waals surface area contributed by atoms with Crippen LogP contribution in [0.2, 0.25) is 0 Å². The van der Waals surface area contributed by atoms with Crippen LogP contribution in [0.4, 0.5) is 0 Å².